The summed E-state index contributed by atoms with van der Waals surface area (Å²) in [5.41, 5.74) is 0.758. The van der Waals surface area contributed by atoms with E-state index in [4.69, 9.17) is 4.74 Å². The molecule has 0 aromatic heterocycles. The van der Waals surface area contributed by atoms with E-state index in [1.54, 1.807) is 7.11 Å². The zero-order valence-electron chi connectivity index (χ0n) is 11.4. The molecule has 2 rings (SSSR count). The van der Waals surface area contributed by atoms with E-state index in [9.17, 15) is 4.39 Å². The Balaban J connectivity index is 2.07. The van der Waals surface area contributed by atoms with Crippen LogP contribution in [0.3, 0.4) is 0 Å². The van der Waals surface area contributed by atoms with E-state index in [0.29, 0.717) is 18.3 Å². The summed E-state index contributed by atoms with van der Waals surface area (Å²) in [6, 6.07) is 5.75. The predicted octanol–water partition coefficient (Wildman–Crippen LogP) is 3.97. The summed E-state index contributed by atoms with van der Waals surface area (Å²) in [6.07, 6.45) is 5.08. The van der Waals surface area contributed by atoms with Crippen molar-refractivity contribution in [3.63, 3.8) is 0 Å². The fraction of sp³-hybridized carbons (Fsp3) is 0.600. The summed E-state index contributed by atoms with van der Waals surface area (Å²) in [5.74, 6) is 0.408. The van der Waals surface area contributed by atoms with Crippen LogP contribution in [0, 0.1) is 5.82 Å². The highest BCUT2D eigenvalue weighted by Gasteiger charge is 2.22. The van der Waals surface area contributed by atoms with Crippen LogP contribution in [0.25, 0.3) is 0 Å². The molecule has 0 amide bonds. The quantitative estimate of drug-likeness (QED) is 0.732. The van der Waals surface area contributed by atoms with Gasteiger partial charge in [-0.1, -0.05) is 34.8 Å². The standard InChI is InChI=1S/C15H21BrFNO/c1-19-14-7-6-12(15(17)10-14)11-18(9-8-16)13-4-2-3-5-13/h6-7,10,13H,2-5,8-9,11H2,1H3. The maximum Gasteiger partial charge on any atom is 0.131 e. The topological polar surface area (TPSA) is 12.5 Å². The Morgan fingerprint density at radius 2 is 2.11 bits per heavy atom. The van der Waals surface area contributed by atoms with Crippen LogP contribution in [0.5, 0.6) is 5.75 Å². The Labute approximate surface area is 123 Å². The van der Waals surface area contributed by atoms with Crippen LogP contribution in [-0.4, -0.2) is 29.9 Å². The maximum atomic E-state index is 14.0. The van der Waals surface area contributed by atoms with Gasteiger partial charge in [0.1, 0.15) is 11.6 Å². The first-order valence-corrected chi connectivity index (χ1v) is 7.99. The van der Waals surface area contributed by atoms with Gasteiger partial charge in [-0.15, -0.1) is 0 Å². The van der Waals surface area contributed by atoms with Gasteiger partial charge < -0.3 is 4.74 Å². The van der Waals surface area contributed by atoms with Gasteiger partial charge in [-0.05, 0) is 18.9 Å². The third kappa shape index (κ3) is 3.93. The summed E-state index contributed by atoms with van der Waals surface area (Å²) in [6.45, 7) is 1.65. The number of hydrogen-bond donors (Lipinski definition) is 0. The molecule has 0 bridgehead atoms. The van der Waals surface area contributed by atoms with Crippen molar-refractivity contribution >= 4 is 15.9 Å². The largest absolute Gasteiger partial charge is 0.497 e. The fourth-order valence-electron chi connectivity index (χ4n) is 2.77. The smallest absolute Gasteiger partial charge is 0.131 e. The molecule has 19 heavy (non-hydrogen) atoms. The van der Waals surface area contributed by atoms with E-state index in [2.05, 4.69) is 20.8 Å². The van der Waals surface area contributed by atoms with E-state index < -0.39 is 0 Å². The van der Waals surface area contributed by atoms with E-state index >= 15 is 0 Å². The summed E-state index contributed by atoms with van der Waals surface area (Å²) >= 11 is 3.50. The molecule has 1 saturated carbocycles. The van der Waals surface area contributed by atoms with E-state index in [0.717, 1.165) is 17.4 Å². The van der Waals surface area contributed by atoms with Crippen molar-refractivity contribution in [1.29, 1.82) is 0 Å². The maximum absolute atomic E-state index is 14.0. The average Bonchev–Trinajstić information content (AvgIpc) is 2.94. The molecule has 0 unspecified atom stereocenters. The molecule has 0 spiro atoms. The van der Waals surface area contributed by atoms with E-state index in [1.807, 2.05) is 12.1 Å². The Hall–Kier alpha value is -0.610. The van der Waals surface area contributed by atoms with Gasteiger partial charge in [-0.3, -0.25) is 4.90 Å². The third-order valence-electron chi connectivity index (χ3n) is 3.85. The number of nitrogens with zero attached hydrogens (tertiary/aromatic N) is 1. The molecule has 1 aliphatic rings. The SMILES string of the molecule is COc1ccc(CN(CCBr)C2CCCC2)c(F)c1. The number of halogens is 2. The van der Waals surface area contributed by atoms with Gasteiger partial charge in [-0.2, -0.15) is 0 Å². The minimum atomic E-state index is -0.170. The Morgan fingerprint density at radius 1 is 1.37 bits per heavy atom. The fourth-order valence-corrected chi connectivity index (χ4v) is 3.23. The van der Waals surface area contributed by atoms with E-state index in [1.165, 1.54) is 31.7 Å². The number of ether oxygens (including phenoxy) is 1. The molecule has 1 fully saturated rings. The Morgan fingerprint density at radius 3 is 2.68 bits per heavy atom. The monoisotopic (exact) mass is 329 g/mol. The summed E-state index contributed by atoms with van der Waals surface area (Å²) in [5, 5.41) is 0.932. The van der Waals surface area contributed by atoms with Crippen molar-refractivity contribution in [3.05, 3.63) is 29.6 Å². The number of hydrogen-bond acceptors (Lipinski definition) is 2. The lowest BCUT2D eigenvalue weighted by Gasteiger charge is -2.28. The Kier molecular flexibility index (Phi) is 5.64. The molecule has 0 heterocycles. The van der Waals surface area contributed by atoms with Crippen LogP contribution >= 0.6 is 15.9 Å². The molecule has 1 aromatic rings. The number of rotatable bonds is 6. The summed E-state index contributed by atoms with van der Waals surface area (Å²) < 4.78 is 19.0. The molecule has 1 aliphatic carbocycles. The van der Waals surface area contributed by atoms with Gasteiger partial charge in [0.15, 0.2) is 0 Å². The molecule has 2 nitrogen and oxygen atoms in total. The second-order valence-electron chi connectivity index (χ2n) is 5.06. The van der Waals surface area contributed by atoms with Gasteiger partial charge in [0.05, 0.1) is 7.11 Å². The summed E-state index contributed by atoms with van der Waals surface area (Å²) in [7, 11) is 1.56. The van der Waals surface area contributed by atoms with Crippen LogP contribution in [0.1, 0.15) is 31.2 Å². The highest BCUT2D eigenvalue weighted by Crippen LogP contribution is 2.26. The van der Waals surface area contributed by atoms with Gasteiger partial charge in [0.2, 0.25) is 0 Å². The van der Waals surface area contributed by atoms with Gasteiger partial charge >= 0.3 is 0 Å². The van der Waals surface area contributed by atoms with Crippen LogP contribution in [0.15, 0.2) is 18.2 Å². The molecular weight excluding hydrogens is 309 g/mol. The first-order valence-electron chi connectivity index (χ1n) is 6.87. The highest BCUT2D eigenvalue weighted by molar-refractivity contribution is 9.09. The Bertz CT molecular complexity index is 407. The third-order valence-corrected chi connectivity index (χ3v) is 4.20. The normalized spacial score (nSPS) is 16.2. The van der Waals surface area contributed by atoms with Gasteiger partial charge in [0, 0.05) is 36.1 Å². The molecule has 0 radical (unpaired) electrons. The van der Waals surface area contributed by atoms with Gasteiger partial charge in [-0.25, -0.2) is 4.39 Å². The molecule has 0 N–H and O–H groups in total. The number of methoxy groups -OCH3 is 1. The predicted molar refractivity (Wildman–Crippen MR) is 79.4 cm³/mol. The van der Waals surface area contributed by atoms with Crippen LogP contribution in [0.2, 0.25) is 0 Å². The molecule has 0 saturated heterocycles. The van der Waals surface area contributed by atoms with Crippen LogP contribution < -0.4 is 4.74 Å². The first kappa shape index (κ1) is 14.8. The lowest BCUT2D eigenvalue weighted by molar-refractivity contribution is 0.200. The minimum absolute atomic E-state index is 0.170. The molecule has 0 aliphatic heterocycles. The first-order chi connectivity index (χ1) is 9.24. The van der Waals surface area contributed by atoms with Crippen LogP contribution in [0.4, 0.5) is 4.39 Å². The van der Waals surface area contributed by atoms with Crippen LogP contribution in [-0.2, 0) is 6.54 Å². The highest BCUT2D eigenvalue weighted by atomic mass is 79.9. The lowest BCUT2D eigenvalue weighted by Crippen LogP contribution is -2.34. The van der Waals surface area contributed by atoms with Gasteiger partial charge in [0.25, 0.3) is 0 Å². The van der Waals surface area contributed by atoms with Crippen molar-refractivity contribution in [3.8, 4) is 5.75 Å². The van der Waals surface area contributed by atoms with Crippen molar-refractivity contribution in [2.24, 2.45) is 0 Å². The molecular formula is C15H21BrFNO. The van der Waals surface area contributed by atoms with E-state index in [-0.39, 0.29) is 5.82 Å². The van der Waals surface area contributed by atoms with Crippen molar-refractivity contribution < 1.29 is 9.13 Å². The van der Waals surface area contributed by atoms with Crippen molar-refractivity contribution in [2.45, 2.75) is 38.3 Å². The molecule has 1 aromatic carbocycles. The minimum Gasteiger partial charge on any atom is -0.497 e. The average molecular weight is 330 g/mol. The van der Waals surface area contributed by atoms with Crippen molar-refractivity contribution in [2.75, 3.05) is 19.0 Å². The second kappa shape index (κ2) is 7.25. The second-order valence-corrected chi connectivity index (χ2v) is 5.85. The zero-order chi connectivity index (χ0) is 13.7. The summed E-state index contributed by atoms with van der Waals surface area (Å²) in [4.78, 5) is 2.40. The lowest BCUT2D eigenvalue weighted by atomic mass is 10.1. The number of alkyl halides is 1. The number of benzene rings is 1. The zero-order valence-corrected chi connectivity index (χ0v) is 13.0. The van der Waals surface area contributed by atoms with Crippen molar-refractivity contribution in [1.82, 2.24) is 4.90 Å². The molecule has 0 atom stereocenters. The molecule has 106 valence electrons. The molecule has 4 heteroatoms.